The maximum Gasteiger partial charge on any atom is 0.254 e. The Morgan fingerprint density at radius 2 is 1.86 bits per heavy atom. The van der Waals surface area contributed by atoms with Crippen molar-refractivity contribution in [3.63, 3.8) is 0 Å². The molecule has 1 aliphatic rings. The van der Waals surface area contributed by atoms with Crippen LogP contribution in [0.25, 0.3) is 0 Å². The summed E-state index contributed by atoms with van der Waals surface area (Å²) in [5, 5.41) is 10.9. The van der Waals surface area contributed by atoms with Gasteiger partial charge in [0.05, 0.1) is 10.0 Å². The van der Waals surface area contributed by atoms with Crippen molar-refractivity contribution in [1.82, 2.24) is 15.1 Å². The van der Waals surface area contributed by atoms with Crippen molar-refractivity contribution in [2.75, 3.05) is 31.1 Å². The van der Waals surface area contributed by atoms with E-state index in [1.165, 1.54) is 0 Å². The van der Waals surface area contributed by atoms with Crippen molar-refractivity contribution >= 4 is 45.6 Å². The first-order valence-electron chi connectivity index (χ1n) is 6.84. The fourth-order valence-corrected chi connectivity index (χ4v) is 3.36. The summed E-state index contributed by atoms with van der Waals surface area (Å²) in [6.07, 6.45) is 0. The Hall–Kier alpha value is -1.37. The number of aryl methyl sites for hydroxylation is 1. The van der Waals surface area contributed by atoms with Crippen LogP contribution in [0, 0.1) is 6.92 Å². The van der Waals surface area contributed by atoms with Gasteiger partial charge in [-0.25, -0.2) is 0 Å². The molecule has 2 heterocycles. The Bertz CT molecular complexity index is 698. The van der Waals surface area contributed by atoms with Crippen molar-refractivity contribution < 1.29 is 4.79 Å². The van der Waals surface area contributed by atoms with Crippen LogP contribution >= 0.6 is 34.5 Å². The number of hydrogen-bond donors (Lipinski definition) is 0. The predicted octanol–water partition coefficient (Wildman–Crippen LogP) is 3.12. The lowest BCUT2D eigenvalue weighted by Gasteiger charge is -2.34. The fraction of sp³-hybridized carbons (Fsp3) is 0.357. The number of rotatable bonds is 2. The van der Waals surface area contributed by atoms with Gasteiger partial charge in [0.2, 0.25) is 5.13 Å². The van der Waals surface area contributed by atoms with Gasteiger partial charge in [-0.3, -0.25) is 4.79 Å². The molecule has 0 radical (unpaired) electrons. The van der Waals surface area contributed by atoms with Crippen molar-refractivity contribution in [3.8, 4) is 0 Å². The van der Waals surface area contributed by atoms with Crippen LogP contribution in [0.15, 0.2) is 18.2 Å². The van der Waals surface area contributed by atoms with Crippen LogP contribution in [0.3, 0.4) is 0 Å². The summed E-state index contributed by atoms with van der Waals surface area (Å²) in [6, 6.07) is 4.97. The Morgan fingerprint density at radius 1 is 1.14 bits per heavy atom. The first kappa shape index (κ1) is 15.5. The molecule has 0 spiro atoms. The van der Waals surface area contributed by atoms with Crippen LogP contribution in [0.1, 0.15) is 15.4 Å². The molecule has 0 N–H and O–H groups in total. The first-order chi connectivity index (χ1) is 10.5. The molecule has 1 amide bonds. The van der Waals surface area contributed by atoms with E-state index in [1.807, 2.05) is 11.8 Å². The minimum absolute atomic E-state index is 0.0216. The molecule has 0 bridgehead atoms. The minimum atomic E-state index is -0.0216. The predicted molar refractivity (Wildman–Crippen MR) is 89.2 cm³/mol. The molecule has 0 aliphatic carbocycles. The van der Waals surface area contributed by atoms with Gasteiger partial charge in [0.1, 0.15) is 5.01 Å². The monoisotopic (exact) mass is 356 g/mol. The van der Waals surface area contributed by atoms with E-state index in [4.69, 9.17) is 23.2 Å². The Kier molecular flexibility index (Phi) is 4.52. The Balaban J connectivity index is 1.65. The van der Waals surface area contributed by atoms with E-state index in [9.17, 15) is 4.79 Å². The molecular formula is C14H14Cl2N4OS. The molecule has 1 saturated heterocycles. The Morgan fingerprint density at radius 3 is 2.45 bits per heavy atom. The summed E-state index contributed by atoms with van der Waals surface area (Å²) in [4.78, 5) is 16.5. The third kappa shape index (κ3) is 3.19. The van der Waals surface area contributed by atoms with E-state index in [0.29, 0.717) is 28.7 Å². The third-order valence-electron chi connectivity index (χ3n) is 3.52. The highest BCUT2D eigenvalue weighted by molar-refractivity contribution is 7.15. The molecule has 0 saturated carbocycles. The summed E-state index contributed by atoms with van der Waals surface area (Å²) in [5.74, 6) is -0.0216. The summed E-state index contributed by atoms with van der Waals surface area (Å²) in [7, 11) is 0. The molecule has 1 aliphatic heterocycles. The van der Waals surface area contributed by atoms with Gasteiger partial charge < -0.3 is 9.80 Å². The highest BCUT2D eigenvalue weighted by Gasteiger charge is 2.24. The lowest BCUT2D eigenvalue weighted by Crippen LogP contribution is -2.48. The van der Waals surface area contributed by atoms with Crippen LogP contribution in [-0.2, 0) is 0 Å². The van der Waals surface area contributed by atoms with Crippen molar-refractivity contribution in [1.29, 1.82) is 0 Å². The maximum atomic E-state index is 12.5. The number of amides is 1. The number of aromatic nitrogens is 2. The maximum absolute atomic E-state index is 12.5. The third-order valence-corrected chi connectivity index (χ3v) is 5.16. The van der Waals surface area contributed by atoms with E-state index in [2.05, 4.69) is 15.1 Å². The quantitative estimate of drug-likeness (QED) is 0.829. The molecule has 0 unspecified atom stereocenters. The second-order valence-corrected chi connectivity index (χ2v) is 6.99. The van der Waals surface area contributed by atoms with Crippen molar-refractivity contribution in [2.24, 2.45) is 0 Å². The van der Waals surface area contributed by atoms with E-state index in [1.54, 1.807) is 29.5 Å². The van der Waals surface area contributed by atoms with Gasteiger partial charge in [-0.15, -0.1) is 10.2 Å². The zero-order valence-corrected chi connectivity index (χ0v) is 14.3. The van der Waals surface area contributed by atoms with Gasteiger partial charge in [0.15, 0.2) is 0 Å². The summed E-state index contributed by atoms with van der Waals surface area (Å²) in [6.45, 7) is 4.74. The fourth-order valence-electron chi connectivity index (χ4n) is 2.33. The average Bonchev–Trinajstić information content (AvgIpc) is 2.96. The number of piperazine rings is 1. The number of carbonyl (C=O) groups excluding carboxylic acids is 1. The normalized spacial score (nSPS) is 15.2. The van der Waals surface area contributed by atoms with Crippen LogP contribution in [0.2, 0.25) is 10.0 Å². The van der Waals surface area contributed by atoms with Gasteiger partial charge in [-0.05, 0) is 25.1 Å². The number of nitrogens with zero attached hydrogens (tertiary/aromatic N) is 4. The number of carbonyl (C=O) groups is 1. The number of benzene rings is 1. The van der Waals surface area contributed by atoms with Crippen LogP contribution in [0.4, 0.5) is 5.13 Å². The van der Waals surface area contributed by atoms with Crippen LogP contribution in [-0.4, -0.2) is 47.2 Å². The largest absolute Gasteiger partial charge is 0.343 e. The highest BCUT2D eigenvalue weighted by Crippen LogP contribution is 2.24. The molecule has 0 atom stereocenters. The topological polar surface area (TPSA) is 49.3 Å². The molecule has 5 nitrogen and oxygen atoms in total. The van der Waals surface area contributed by atoms with Gasteiger partial charge in [-0.1, -0.05) is 34.5 Å². The lowest BCUT2D eigenvalue weighted by atomic mass is 10.2. The summed E-state index contributed by atoms with van der Waals surface area (Å²) < 4.78 is 0. The average molecular weight is 357 g/mol. The van der Waals surface area contributed by atoms with Crippen molar-refractivity contribution in [2.45, 2.75) is 6.92 Å². The number of anilines is 1. The summed E-state index contributed by atoms with van der Waals surface area (Å²) >= 11 is 13.4. The van der Waals surface area contributed by atoms with Crippen LogP contribution < -0.4 is 4.90 Å². The molecule has 1 aromatic carbocycles. The van der Waals surface area contributed by atoms with E-state index >= 15 is 0 Å². The molecule has 3 rings (SSSR count). The van der Waals surface area contributed by atoms with Gasteiger partial charge in [-0.2, -0.15) is 0 Å². The molecule has 116 valence electrons. The Labute approximate surface area is 142 Å². The lowest BCUT2D eigenvalue weighted by molar-refractivity contribution is 0.0747. The first-order valence-corrected chi connectivity index (χ1v) is 8.41. The molecule has 2 aromatic rings. The van der Waals surface area contributed by atoms with Gasteiger partial charge in [0, 0.05) is 31.7 Å². The minimum Gasteiger partial charge on any atom is -0.343 e. The van der Waals surface area contributed by atoms with Crippen LogP contribution in [0.5, 0.6) is 0 Å². The smallest absolute Gasteiger partial charge is 0.254 e. The van der Waals surface area contributed by atoms with E-state index < -0.39 is 0 Å². The zero-order chi connectivity index (χ0) is 15.7. The molecule has 8 heteroatoms. The highest BCUT2D eigenvalue weighted by atomic mass is 35.5. The summed E-state index contributed by atoms with van der Waals surface area (Å²) in [5.41, 5.74) is 0.564. The van der Waals surface area contributed by atoms with Gasteiger partial charge in [0.25, 0.3) is 5.91 Å². The number of hydrogen-bond acceptors (Lipinski definition) is 5. The van der Waals surface area contributed by atoms with Crippen molar-refractivity contribution in [3.05, 3.63) is 38.8 Å². The standard InChI is InChI=1S/C14H14Cl2N4OS/c1-9-17-18-14(22-9)20-6-4-19(5-7-20)13(21)10-2-3-11(15)12(16)8-10/h2-3,8H,4-7H2,1H3. The van der Waals surface area contributed by atoms with E-state index in [-0.39, 0.29) is 5.91 Å². The van der Waals surface area contributed by atoms with Gasteiger partial charge >= 0.3 is 0 Å². The molecular weight excluding hydrogens is 343 g/mol. The zero-order valence-electron chi connectivity index (χ0n) is 11.9. The van der Waals surface area contributed by atoms with E-state index in [0.717, 1.165) is 23.2 Å². The second-order valence-electron chi connectivity index (χ2n) is 5.01. The second kappa shape index (κ2) is 6.40. The number of halogens is 2. The molecule has 22 heavy (non-hydrogen) atoms. The molecule has 1 fully saturated rings. The molecule has 1 aromatic heterocycles. The SMILES string of the molecule is Cc1nnc(N2CCN(C(=O)c3ccc(Cl)c(Cl)c3)CC2)s1.